The third-order valence-electron chi connectivity index (χ3n) is 2.73. The van der Waals surface area contributed by atoms with E-state index in [1.165, 1.54) is 4.90 Å². The Labute approximate surface area is 111 Å². The van der Waals surface area contributed by atoms with Crippen molar-refractivity contribution < 1.29 is 14.7 Å². The summed E-state index contributed by atoms with van der Waals surface area (Å²) in [6, 6.07) is -0.816. The van der Waals surface area contributed by atoms with Gasteiger partial charge >= 0.3 is 5.97 Å². The van der Waals surface area contributed by atoms with Gasteiger partial charge in [-0.3, -0.25) is 9.79 Å². The Hall–Kier alpha value is -1.44. The number of likely N-dealkylation sites (tertiary alicyclic amines) is 1. The van der Waals surface area contributed by atoms with Crippen LogP contribution < -0.4 is 11.5 Å². The Morgan fingerprint density at radius 3 is 2.72 bits per heavy atom. The topological polar surface area (TPSA) is 122 Å². The second kappa shape index (κ2) is 6.48. The highest BCUT2D eigenvalue weighted by atomic mass is 32.1. The number of nitrogens with zero attached hydrogens (tertiary/aromatic N) is 2. The van der Waals surface area contributed by atoms with Gasteiger partial charge < -0.3 is 21.5 Å². The Balaban J connectivity index is 2.53. The Bertz CT molecular complexity index is 357. The van der Waals surface area contributed by atoms with E-state index in [0.717, 1.165) is 0 Å². The molecule has 1 aliphatic rings. The van der Waals surface area contributed by atoms with Crippen molar-refractivity contribution in [2.45, 2.75) is 30.6 Å². The predicted molar refractivity (Wildman–Crippen MR) is 70.4 cm³/mol. The van der Waals surface area contributed by atoms with E-state index in [2.05, 4.69) is 17.6 Å². The van der Waals surface area contributed by atoms with E-state index in [1.54, 1.807) is 0 Å². The second-order valence-corrected chi connectivity index (χ2v) is 4.94. The SMILES string of the molecule is NC(N)=NCCCC(C(=O)O)N1CC(S)CC1=O. The monoisotopic (exact) mass is 274 g/mol. The number of aliphatic carboxylic acids is 1. The molecule has 0 aromatic heterocycles. The number of aliphatic imine (C=N–C) groups is 1. The summed E-state index contributed by atoms with van der Waals surface area (Å²) in [5.74, 6) is -1.19. The van der Waals surface area contributed by atoms with Crippen LogP contribution in [0.1, 0.15) is 19.3 Å². The van der Waals surface area contributed by atoms with Crippen LogP contribution in [0.5, 0.6) is 0 Å². The summed E-state index contributed by atoms with van der Waals surface area (Å²) in [5, 5.41) is 9.06. The number of thiol groups is 1. The summed E-state index contributed by atoms with van der Waals surface area (Å²) in [7, 11) is 0. The number of rotatable bonds is 6. The van der Waals surface area contributed by atoms with Crippen molar-refractivity contribution in [1.29, 1.82) is 0 Å². The zero-order chi connectivity index (χ0) is 13.7. The second-order valence-electron chi connectivity index (χ2n) is 4.21. The molecule has 0 aromatic carbocycles. The summed E-state index contributed by atoms with van der Waals surface area (Å²) in [6.07, 6.45) is 1.13. The van der Waals surface area contributed by atoms with E-state index in [-0.39, 0.29) is 17.1 Å². The Morgan fingerprint density at radius 1 is 1.61 bits per heavy atom. The van der Waals surface area contributed by atoms with Gasteiger partial charge in [0.1, 0.15) is 6.04 Å². The lowest BCUT2D eigenvalue weighted by molar-refractivity contribution is -0.148. The number of carboxylic acids is 1. The van der Waals surface area contributed by atoms with Gasteiger partial charge in [-0.25, -0.2) is 4.79 Å². The van der Waals surface area contributed by atoms with Gasteiger partial charge in [-0.2, -0.15) is 12.6 Å². The van der Waals surface area contributed by atoms with Crippen LogP contribution in [0, 0.1) is 0 Å². The van der Waals surface area contributed by atoms with Gasteiger partial charge in [0.05, 0.1) is 0 Å². The van der Waals surface area contributed by atoms with Gasteiger partial charge in [-0.05, 0) is 12.8 Å². The molecular formula is C10H18N4O3S. The zero-order valence-electron chi connectivity index (χ0n) is 9.95. The molecule has 0 spiro atoms. The molecule has 0 aromatic rings. The summed E-state index contributed by atoms with van der Waals surface area (Å²) in [5.41, 5.74) is 10.3. The third kappa shape index (κ3) is 4.10. The lowest BCUT2D eigenvalue weighted by Crippen LogP contribution is -2.42. The molecule has 0 bridgehead atoms. The molecule has 2 unspecified atom stereocenters. The lowest BCUT2D eigenvalue weighted by atomic mass is 10.1. The molecule has 1 aliphatic heterocycles. The first-order valence-electron chi connectivity index (χ1n) is 5.67. The molecule has 0 saturated carbocycles. The molecule has 0 radical (unpaired) electrons. The van der Waals surface area contributed by atoms with Crippen LogP contribution in [-0.4, -0.2) is 52.2 Å². The molecule has 102 valence electrons. The molecule has 18 heavy (non-hydrogen) atoms. The third-order valence-corrected chi connectivity index (χ3v) is 3.08. The molecule has 1 amide bonds. The molecule has 1 heterocycles. The Kier molecular flexibility index (Phi) is 5.26. The zero-order valence-corrected chi connectivity index (χ0v) is 10.8. The molecule has 5 N–H and O–H groups in total. The first-order chi connectivity index (χ1) is 8.41. The van der Waals surface area contributed by atoms with Crippen LogP contribution in [-0.2, 0) is 9.59 Å². The molecule has 1 fully saturated rings. The highest BCUT2D eigenvalue weighted by Crippen LogP contribution is 2.21. The minimum absolute atomic E-state index is 0.0189. The van der Waals surface area contributed by atoms with Crippen LogP contribution in [0.3, 0.4) is 0 Å². The number of carbonyl (C=O) groups is 2. The molecule has 0 aliphatic carbocycles. The quantitative estimate of drug-likeness (QED) is 0.215. The van der Waals surface area contributed by atoms with E-state index in [4.69, 9.17) is 16.6 Å². The highest BCUT2D eigenvalue weighted by molar-refractivity contribution is 7.81. The van der Waals surface area contributed by atoms with Gasteiger partial charge in [0.25, 0.3) is 0 Å². The molecule has 7 nitrogen and oxygen atoms in total. The summed E-state index contributed by atoms with van der Waals surface area (Å²) in [4.78, 5) is 27.9. The lowest BCUT2D eigenvalue weighted by Gasteiger charge is -2.24. The maximum absolute atomic E-state index is 11.6. The van der Waals surface area contributed by atoms with Crippen LogP contribution in [0.2, 0.25) is 0 Å². The number of carboxylic acid groups (broad SMARTS) is 1. The number of guanidine groups is 1. The number of amides is 1. The molecule has 2 atom stereocenters. The molecular weight excluding hydrogens is 256 g/mol. The molecule has 8 heteroatoms. The van der Waals surface area contributed by atoms with E-state index in [1.807, 2.05) is 0 Å². The van der Waals surface area contributed by atoms with Crippen molar-refractivity contribution in [2.24, 2.45) is 16.5 Å². The summed E-state index contributed by atoms with van der Waals surface area (Å²) < 4.78 is 0. The average molecular weight is 274 g/mol. The normalized spacial score (nSPS) is 20.8. The van der Waals surface area contributed by atoms with E-state index in [0.29, 0.717) is 32.4 Å². The first-order valence-corrected chi connectivity index (χ1v) is 6.19. The number of hydrogen-bond donors (Lipinski definition) is 4. The smallest absolute Gasteiger partial charge is 0.326 e. The van der Waals surface area contributed by atoms with Gasteiger partial charge in [-0.1, -0.05) is 0 Å². The van der Waals surface area contributed by atoms with Crippen molar-refractivity contribution >= 4 is 30.5 Å². The molecule has 1 saturated heterocycles. The minimum atomic E-state index is -1.00. The van der Waals surface area contributed by atoms with Crippen LogP contribution >= 0.6 is 12.6 Å². The van der Waals surface area contributed by atoms with Crippen molar-refractivity contribution in [1.82, 2.24) is 4.90 Å². The largest absolute Gasteiger partial charge is 0.480 e. The number of carbonyl (C=O) groups excluding carboxylic acids is 1. The maximum Gasteiger partial charge on any atom is 0.326 e. The number of nitrogens with two attached hydrogens (primary N) is 2. The highest BCUT2D eigenvalue weighted by Gasteiger charge is 2.35. The van der Waals surface area contributed by atoms with Gasteiger partial charge in [0, 0.05) is 24.8 Å². The first kappa shape index (κ1) is 14.6. The fraction of sp³-hybridized carbons (Fsp3) is 0.700. The average Bonchev–Trinajstić information content (AvgIpc) is 2.56. The van der Waals surface area contributed by atoms with Crippen molar-refractivity contribution in [3.05, 3.63) is 0 Å². The Morgan fingerprint density at radius 2 is 2.28 bits per heavy atom. The van der Waals surface area contributed by atoms with Crippen LogP contribution in [0.15, 0.2) is 4.99 Å². The van der Waals surface area contributed by atoms with E-state index < -0.39 is 12.0 Å². The van der Waals surface area contributed by atoms with Crippen molar-refractivity contribution in [3.63, 3.8) is 0 Å². The fourth-order valence-electron chi connectivity index (χ4n) is 1.92. The number of hydrogen-bond acceptors (Lipinski definition) is 4. The van der Waals surface area contributed by atoms with Crippen molar-refractivity contribution in [2.75, 3.05) is 13.1 Å². The van der Waals surface area contributed by atoms with Crippen molar-refractivity contribution in [3.8, 4) is 0 Å². The maximum atomic E-state index is 11.6. The summed E-state index contributed by atoms with van der Waals surface area (Å²) in [6.45, 7) is 0.736. The van der Waals surface area contributed by atoms with Gasteiger partial charge in [0.15, 0.2) is 5.96 Å². The van der Waals surface area contributed by atoms with E-state index >= 15 is 0 Å². The van der Waals surface area contributed by atoms with Gasteiger partial charge in [-0.15, -0.1) is 0 Å². The minimum Gasteiger partial charge on any atom is -0.480 e. The fourth-order valence-corrected chi connectivity index (χ4v) is 2.25. The standard InChI is InChI=1S/C10H18N4O3S/c11-10(12)13-3-1-2-7(9(16)17)14-5-6(18)4-8(14)15/h6-7,18H,1-5H2,(H,16,17)(H4,11,12,13). The van der Waals surface area contributed by atoms with Crippen LogP contribution in [0.25, 0.3) is 0 Å². The van der Waals surface area contributed by atoms with Gasteiger partial charge in [0.2, 0.25) is 5.91 Å². The summed E-state index contributed by atoms with van der Waals surface area (Å²) >= 11 is 4.20. The molecule has 1 rings (SSSR count). The van der Waals surface area contributed by atoms with E-state index in [9.17, 15) is 9.59 Å². The predicted octanol–water partition coefficient (Wildman–Crippen LogP) is -0.976. The van der Waals surface area contributed by atoms with Crippen LogP contribution in [0.4, 0.5) is 0 Å².